The number of nitrogens with one attached hydrogen (secondary N) is 1. The number of hydrogen-bond donors (Lipinski definition) is 2. The minimum Gasteiger partial charge on any atom is -0.386 e. The topological polar surface area (TPSA) is 87.8 Å². The Balaban J connectivity index is 1.59. The Morgan fingerprint density at radius 2 is 1.62 bits per heavy atom. The average Bonchev–Trinajstić information content (AvgIpc) is 3.16. The zero-order chi connectivity index (χ0) is 22.5. The Bertz CT molecular complexity index is 1120. The third-order valence-electron chi connectivity index (χ3n) is 5.01. The van der Waals surface area contributed by atoms with Crippen molar-refractivity contribution in [2.75, 3.05) is 10.8 Å². The highest BCUT2D eigenvalue weighted by molar-refractivity contribution is 7.99. The second-order valence-corrected chi connectivity index (χ2v) is 8.73. The highest BCUT2D eigenvalue weighted by atomic mass is 35.5. The zero-order valence-electron chi connectivity index (χ0n) is 17.0. The molecule has 1 fully saturated rings. The lowest BCUT2D eigenvalue weighted by Gasteiger charge is -2.18. The molecule has 0 bridgehead atoms. The summed E-state index contributed by atoms with van der Waals surface area (Å²) >= 11 is 7.54. The van der Waals surface area contributed by atoms with Crippen molar-refractivity contribution in [1.82, 2.24) is 5.43 Å². The van der Waals surface area contributed by atoms with Crippen molar-refractivity contribution >= 4 is 46.7 Å². The van der Waals surface area contributed by atoms with Gasteiger partial charge in [-0.3, -0.25) is 9.59 Å². The number of hydrogen-bond acceptors (Lipinski definition) is 4. The number of nitrogens with two attached hydrogens (primary N) is 1. The number of aliphatic imine (C=N–C) groups is 1. The molecular formula is C24H21ClN4O2S. The molecule has 2 unspecified atom stereocenters. The van der Waals surface area contributed by atoms with Crippen molar-refractivity contribution in [1.29, 1.82) is 0 Å². The van der Waals surface area contributed by atoms with E-state index in [1.807, 2.05) is 60.7 Å². The zero-order valence-corrected chi connectivity index (χ0v) is 18.6. The molecule has 32 heavy (non-hydrogen) atoms. The minimum absolute atomic E-state index is 0.00325. The summed E-state index contributed by atoms with van der Waals surface area (Å²) in [7, 11) is 0. The SMILES string of the molecule is NC(=NC(=O)c1ccccc1)C1C(=O)N(c2ccccc2)NC1CSc1ccc(Cl)cc1. The highest BCUT2D eigenvalue weighted by Crippen LogP contribution is 2.28. The van der Waals surface area contributed by atoms with Crippen LogP contribution in [-0.2, 0) is 4.79 Å². The number of amidine groups is 1. The lowest BCUT2D eigenvalue weighted by atomic mass is 10.0. The summed E-state index contributed by atoms with van der Waals surface area (Å²) in [6.45, 7) is 0. The van der Waals surface area contributed by atoms with Crippen molar-refractivity contribution in [3.63, 3.8) is 0 Å². The number of halogens is 1. The van der Waals surface area contributed by atoms with Gasteiger partial charge in [-0.25, -0.2) is 10.4 Å². The van der Waals surface area contributed by atoms with Crippen LogP contribution in [0.3, 0.4) is 0 Å². The normalized spacial score (nSPS) is 18.7. The fourth-order valence-electron chi connectivity index (χ4n) is 3.41. The third-order valence-corrected chi connectivity index (χ3v) is 6.39. The molecule has 3 aromatic carbocycles. The molecule has 0 saturated carbocycles. The van der Waals surface area contributed by atoms with E-state index in [0.29, 0.717) is 22.0 Å². The molecule has 8 heteroatoms. The van der Waals surface area contributed by atoms with Crippen LogP contribution < -0.4 is 16.2 Å². The summed E-state index contributed by atoms with van der Waals surface area (Å²) in [6.07, 6.45) is 0. The molecule has 1 aliphatic rings. The monoisotopic (exact) mass is 464 g/mol. The number of para-hydroxylation sites is 1. The van der Waals surface area contributed by atoms with Gasteiger partial charge in [0.2, 0.25) is 0 Å². The number of anilines is 1. The molecule has 2 amide bonds. The number of thioether (sulfide) groups is 1. The fourth-order valence-corrected chi connectivity index (χ4v) is 4.50. The van der Waals surface area contributed by atoms with Crippen LogP contribution >= 0.6 is 23.4 Å². The molecule has 3 aromatic rings. The summed E-state index contributed by atoms with van der Waals surface area (Å²) in [5.74, 6) is -0.964. The maximum Gasteiger partial charge on any atom is 0.278 e. The fraction of sp³-hybridized carbons (Fsp3) is 0.125. The number of amides is 2. The van der Waals surface area contributed by atoms with Gasteiger partial charge in [0.15, 0.2) is 0 Å². The second kappa shape index (κ2) is 9.99. The van der Waals surface area contributed by atoms with E-state index in [-0.39, 0.29) is 17.8 Å². The Labute approximate surface area is 195 Å². The van der Waals surface area contributed by atoms with Gasteiger partial charge in [-0.15, -0.1) is 11.8 Å². The van der Waals surface area contributed by atoms with Crippen LogP contribution in [0, 0.1) is 5.92 Å². The van der Waals surface area contributed by atoms with Gasteiger partial charge in [0, 0.05) is 21.2 Å². The number of hydrazine groups is 1. The van der Waals surface area contributed by atoms with E-state index in [0.717, 1.165) is 4.90 Å². The molecule has 0 aromatic heterocycles. The molecule has 2 atom stereocenters. The Hall–Kier alpha value is -3.13. The van der Waals surface area contributed by atoms with Crippen molar-refractivity contribution in [2.24, 2.45) is 16.6 Å². The summed E-state index contributed by atoms with van der Waals surface area (Å²) in [4.78, 5) is 30.9. The summed E-state index contributed by atoms with van der Waals surface area (Å²) in [5.41, 5.74) is 10.6. The van der Waals surface area contributed by atoms with Crippen LogP contribution in [0.5, 0.6) is 0 Å². The Kier molecular flexibility index (Phi) is 6.90. The molecule has 1 aliphatic heterocycles. The number of rotatable bonds is 6. The number of benzene rings is 3. The summed E-state index contributed by atoms with van der Waals surface area (Å²) < 4.78 is 0. The van der Waals surface area contributed by atoms with Gasteiger partial charge in [-0.05, 0) is 48.5 Å². The number of nitrogens with zero attached hydrogens (tertiary/aromatic N) is 2. The van der Waals surface area contributed by atoms with Crippen LogP contribution in [0.4, 0.5) is 5.69 Å². The third kappa shape index (κ3) is 5.02. The van der Waals surface area contributed by atoms with E-state index >= 15 is 0 Å². The summed E-state index contributed by atoms with van der Waals surface area (Å²) in [5, 5.41) is 2.14. The molecule has 0 radical (unpaired) electrons. The maximum atomic E-state index is 13.3. The Morgan fingerprint density at radius 3 is 2.28 bits per heavy atom. The van der Waals surface area contributed by atoms with Crippen LogP contribution in [0.25, 0.3) is 0 Å². The van der Waals surface area contributed by atoms with Gasteiger partial charge in [0.25, 0.3) is 11.8 Å². The van der Waals surface area contributed by atoms with E-state index < -0.39 is 11.8 Å². The molecule has 4 rings (SSSR count). The quantitative estimate of drug-likeness (QED) is 0.325. The largest absolute Gasteiger partial charge is 0.386 e. The van der Waals surface area contributed by atoms with Crippen molar-refractivity contribution in [3.05, 3.63) is 95.5 Å². The molecule has 0 aliphatic carbocycles. The first-order valence-corrected chi connectivity index (χ1v) is 11.4. The standard InChI is InChI=1S/C24H21ClN4O2S/c25-17-11-13-19(14-12-17)32-15-20-21(22(26)27-23(30)16-7-3-1-4-8-16)24(31)29(28-20)18-9-5-2-6-10-18/h1-14,20-21,28H,15H2,(H2,26,27,30). The van der Waals surface area contributed by atoms with Gasteiger partial charge in [0.05, 0.1) is 11.7 Å². The molecule has 1 saturated heterocycles. The number of carbonyl (C=O) groups excluding carboxylic acids is 2. The van der Waals surface area contributed by atoms with Gasteiger partial charge >= 0.3 is 0 Å². The predicted molar refractivity (Wildman–Crippen MR) is 129 cm³/mol. The van der Waals surface area contributed by atoms with Crippen LogP contribution in [0.1, 0.15) is 10.4 Å². The van der Waals surface area contributed by atoms with Crippen molar-refractivity contribution in [3.8, 4) is 0 Å². The first-order valence-electron chi connectivity index (χ1n) is 10.00. The van der Waals surface area contributed by atoms with Gasteiger partial charge in [0.1, 0.15) is 11.8 Å². The van der Waals surface area contributed by atoms with Crippen LogP contribution in [0.2, 0.25) is 5.02 Å². The van der Waals surface area contributed by atoms with Gasteiger partial charge < -0.3 is 5.73 Å². The lowest BCUT2D eigenvalue weighted by molar-refractivity contribution is -0.118. The first kappa shape index (κ1) is 22.1. The molecule has 162 valence electrons. The molecule has 1 heterocycles. The van der Waals surface area contributed by atoms with Gasteiger partial charge in [-0.1, -0.05) is 48.0 Å². The van der Waals surface area contributed by atoms with Crippen molar-refractivity contribution < 1.29 is 9.59 Å². The van der Waals surface area contributed by atoms with E-state index in [4.69, 9.17) is 17.3 Å². The first-order chi connectivity index (χ1) is 15.5. The molecular weight excluding hydrogens is 444 g/mol. The highest BCUT2D eigenvalue weighted by Gasteiger charge is 2.43. The van der Waals surface area contributed by atoms with E-state index in [1.54, 1.807) is 36.0 Å². The van der Waals surface area contributed by atoms with Crippen molar-refractivity contribution in [2.45, 2.75) is 10.9 Å². The summed E-state index contributed by atoms with van der Waals surface area (Å²) in [6, 6.07) is 25.0. The maximum absolute atomic E-state index is 13.3. The van der Waals surface area contributed by atoms with Crippen LogP contribution in [0.15, 0.2) is 94.8 Å². The molecule has 0 spiro atoms. The molecule has 6 nitrogen and oxygen atoms in total. The average molecular weight is 465 g/mol. The number of carbonyl (C=O) groups is 2. The van der Waals surface area contributed by atoms with Gasteiger partial charge in [-0.2, -0.15) is 4.99 Å². The smallest absolute Gasteiger partial charge is 0.278 e. The lowest BCUT2D eigenvalue weighted by Crippen LogP contribution is -2.40. The minimum atomic E-state index is -0.775. The predicted octanol–water partition coefficient (Wildman–Crippen LogP) is 4.17. The molecule has 3 N–H and O–H groups in total. The van der Waals surface area contributed by atoms with E-state index in [1.165, 1.54) is 5.01 Å². The second-order valence-electron chi connectivity index (χ2n) is 7.20. The Morgan fingerprint density at radius 1 is 1.00 bits per heavy atom. The van der Waals surface area contributed by atoms with E-state index in [9.17, 15) is 9.59 Å². The van der Waals surface area contributed by atoms with Crippen LogP contribution in [-0.4, -0.2) is 29.4 Å². The van der Waals surface area contributed by atoms with E-state index in [2.05, 4.69) is 10.4 Å².